The van der Waals surface area contributed by atoms with E-state index in [2.05, 4.69) is 0 Å². The minimum Gasteiger partial charge on any atom is -0.300 e. The van der Waals surface area contributed by atoms with Crippen LogP contribution in [0.3, 0.4) is 0 Å². The van der Waals surface area contributed by atoms with Crippen LogP contribution in [0.4, 0.5) is 0 Å². The molecule has 0 atom stereocenters. The van der Waals surface area contributed by atoms with E-state index in [0.29, 0.717) is 19.3 Å². The van der Waals surface area contributed by atoms with Gasteiger partial charge in [0.2, 0.25) is 0 Å². The molecule has 0 fully saturated rings. The molecule has 0 spiro atoms. The van der Waals surface area contributed by atoms with Gasteiger partial charge in [-0.05, 0) is 20.3 Å². The highest BCUT2D eigenvalue weighted by Gasteiger charge is 2.08. The van der Waals surface area contributed by atoms with E-state index in [0.717, 1.165) is 0 Å². The smallest absolute Gasteiger partial charge is 0.133 e. The van der Waals surface area contributed by atoms with Crippen molar-refractivity contribution < 1.29 is 19.2 Å². The summed E-state index contributed by atoms with van der Waals surface area (Å²) in [6.45, 7) is 2.94. The highest BCUT2D eigenvalue weighted by Crippen LogP contribution is 2.05. The Morgan fingerprint density at radius 1 is 0.588 bits per heavy atom. The molecule has 0 heterocycles. The summed E-state index contributed by atoms with van der Waals surface area (Å²) in [4.78, 5) is 43.9. The van der Waals surface area contributed by atoms with E-state index in [1.54, 1.807) is 0 Å². The van der Waals surface area contributed by atoms with Gasteiger partial charge in [-0.1, -0.05) is 0 Å². The Balaban J connectivity index is 3.59. The van der Waals surface area contributed by atoms with Gasteiger partial charge in [0.25, 0.3) is 0 Å². The minimum atomic E-state index is -0.0416. The van der Waals surface area contributed by atoms with E-state index in [-0.39, 0.29) is 48.8 Å². The van der Waals surface area contributed by atoms with Gasteiger partial charge in [0.1, 0.15) is 23.1 Å². The topological polar surface area (TPSA) is 68.3 Å². The number of rotatable bonds is 10. The van der Waals surface area contributed by atoms with Crippen molar-refractivity contribution in [3.63, 3.8) is 0 Å². The van der Waals surface area contributed by atoms with Gasteiger partial charge in [-0.25, -0.2) is 0 Å². The van der Waals surface area contributed by atoms with Gasteiger partial charge in [-0.15, -0.1) is 0 Å². The summed E-state index contributed by atoms with van der Waals surface area (Å²) < 4.78 is 0. The van der Waals surface area contributed by atoms with Crippen LogP contribution in [0.25, 0.3) is 0 Å². The van der Waals surface area contributed by atoms with Gasteiger partial charge >= 0.3 is 0 Å². The Morgan fingerprint density at radius 2 is 1.00 bits per heavy atom. The van der Waals surface area contributed by atoms with E-state index in [9.17, 15) is 19.2 Å². The molecule has 0 saturated heterocycles. The average Bonchev–Trinajstić information content (AvgIpc) is 2.23. The fourth-order valence-electron chi connectivity index (χ4n) is 1.38. The number of hydrogen-bond acceptors (Lipinski definition) is 4. The number of ketones is 4. The summed E-state index contributed by atoms with van der Waals surface area (Å²) in [6.07, 6.45) is 2.29. The molecule has 0 aliphatic carbocycles. The molecule has 17 heavy (non-hydrogen) atoms. The molecule has 0 aliphatic rings. The van der Waals surface area contributed by atoms with Crippen LogP contribution in [0, 0.1) is 0 Å². The molecule has 0 rings (SSSR count). The summed E-state index contributed by atoms with van der Waals surface area (Å²) in [5.74, 6) is 0.0454. The molecule has 0 N–H and O–H groups in total. The molecule has 0 aromatic carbocycles. The third kappa shape index (κ3) is 11.0. The van der Waals surface area contributed by atoms with Gasteiger partial charge < -0.3 is 9.59 Å². The summed E-state index contributed by atoms with van der Waals surface area (Å²) in [5, 5.41) is 0. The number of carbonyl (C=O) groups excluding carboxylic acids is 4. The first-order valence-corrected chi connectivity index (χ1v) is 5.94. The molecule has 0 amide bonds. The van der Waals surface area contributed by atoms with Crippen molar-refractivity contribution in [3.8, 4) is 0 Å². The fraction of sp³-hybridized carbons (Fsp3) is 0.692. The van der Waals surface area contributed by atoms with Crippen LogP contribution >= 0.6 is 0 Å². The molecule has 0 bridgehead atoms. The zero-order valence-electron chi connectivity index (χ0n) is 10.6. The van der Waals surface area contributed by atoms with Gasteiger partial charge in [0.15, 0.2) is 0 Å². The third-order valence-corrected chi connectivity index (χ3v) is 2.42. The first-order valence-electron chi connectivity index (χ1n) is 5.94. The van der Waals surface area contributed by atoms with E-state index in [1.165, 1.54) is 13.8 Å². The third-order valence-electron chi connectivity index (χ3n) is 2.42. The average molecular weight is 240 g/mol. The van der Waals surface area contributed by atoms with E-state index in [4.69, 9.17) is 0 Å². The second kappa shape index (κ2) is 8.79. The predicted octanol–water partition coefficient (Wildman–Crippen LogP) is 2.03. The summed E-state index contributed by atoms with van der Waals surface area (Å²) >= 11 is 0. The van der Waals surface area contributed by atoms with Crippen molar-refractivity contribution in [2.24, 2.45) is 0 Å². The first kappa shape index (κ1) is 15.7. The van der Waals surface area contributed by atoms with Crippen molar-refractivity contribution in [3.05, 3.63) is 0 Å². The lowest BCUT2D eigenvalue weighted by Crippen LogP contribution is -2.06. The molecule has 96 valence electrons. The molecule has 0 radical (unpaired) electrons. The maximum Gasteiger partial charge on any atom is 0.133 e. The van der Waals surface area contributed by atoms with Crippen LogP contribution in [0.5, 0.6) is 0 Å². The lowest BCUT2D eigenvalue weighted by molar-refractivity contribution is -0.125. The summed E-state index contributed by atoms with van der Waals surface area (Å²) in [7, 11) is 0. The second-order valence-electron chi connectivity index (χ2n) is 4.33. The molecule has 4 heteroatoms. The SMILES string of the molecule is CC(=O)CCCC(=O)CCC(=O)CCC(C)=O. The minimum absolute atomic E-state index is 0.00821. The van der Waals surface area contributed by atoms with Crippen LogP contribution in [0.2, 0.25) is 0 Å². The van der Waals surface area contributed by atoms with E-state index >= 15 is 0 Å². The van der Waals surface area contributed by atoms with Crippen LogP contribution in [0.15, 0.2) is 0 Å². The van der Waals surface area contributed by atoms with Crippen molar-refractivity contribution in [2.75, 3.05) is 0 Å². The highest BCUT2D eigenvalue weighted by atomic mass is 16.1. The molecular formula is C13H20O4. The van der Waals surface area contributed by atoms with Crippen LogP contribution < -0.4 is 0 Å². The van der Waals surface area contributed by atoms with Gasteiger partial charge in [0.05, 0.1) is 0 Å². The molecule has 0 saturated carbocycles. The van der Waals surface area contributed by atoms with Crippen LogP contribution in [-0.4, -0.2) is 23.1 Å². The largest absolute Gasteiger partial charge is 0.300 e. The van der Waals surface area contributed by atoms with Crippen LogP contribution in [-0.2, 0) is 19.2 Å². The standard InChI is InChI=1S/C13H20O4/c1-10(14)4-3-5-12(16)8-9-13(17)7-6-11(2)15/h3-9H2,1-2H3. The van der Waals surface area contributed by atoms with Gasteiger partial charge in [0, 0.05) is 38.5 Å². The molecule has 0 aromatic heterocycles. The number of carbonyl (C=O) groups is 4. The normalized spacial score (nSPS) is 10.0. The lowest BCUT2D eigenvalue weighted by atomic mass is 10.0. The molecular weight excluding hydrogens is 220 g/mol. The summed E-state index contributed by atoms with van der Waals surface area (Å²) in [6, 6.07) is 0. The Bertz CT molecular complexity index is 305. The Hall–Kier alpha value is -1.32. The van der Waals surface area contributed by atoms with E-state index in [1.807, 2.05) is 0 Å². The van der Waals surface area contributed by atoms with Crippen molar-refractivity contribution >= 4 is 23.1 Å². The Labute approximate surface area is 102 Å². The van der Waals surface area contributed by atoms with Crippen molar-refractivity contribution in [1.29, 1.82) is 0 Å². The summed E-state index contributed by atoms with van der Waals surface area (Å²) in [5.41, 5.74) is 0. The number of Topliss-reactive ketones (excluding diaryl/α,β-unsaturated/α-hetero) is 4. The Morgan fingerprint density at radius 3 is 1.47 bits per heavy atom. The Kier molecular flexibility index (Phi) is 8.11. The number of hydrogen-bond donors (Lipinski definition) is 0. The quantitative estimate of drug-likeness (QED) is 0.586. The first-order chi connectivity index (χ1) is 7.91. The van der Waals surface area contributed by atoms with Crippen LogP contribution in [0.1, 0.15) is 58.8 Å². The van der Waals surface area contributed by atoms with Crippen molar-refractivity contribution in [2.45, 2.75) is 58.8 Å². The molecule has 4 nitrogen and oxygen atoms in total. The highest BCUT2D eigenvalue weighted by molar-refractivity contribution is 5.88. The van der Waals surface area contributed by atoms with Gasteiger partial charge in [-0.3, -0.25) is 9.59 Å². The molecule has 0 aromatic rings. The maximum absolute atomic E-state index is 11.3. The second-order valence-corrected chi connectivity index (χ2v) is 4.33. The zero-order chi connectivity index (χ0) is 13.3. The molecule has 0 unspecified atom stereocenters. The monoisotopic (exact) mass is 240 g/mol. The predicted molar refractivity (Wildman–Crippen MR) is 63.7 cm³/mol. The van der Waals surface area contributed by atoms with Crippen molar-refractivity contribution in [1.82, 2.24) is 0 Å². The lowest BCUT2D eigenvalue weighted by Gasteiger charge is -2.00. The molecule has 0 aliphatic heterocycles. The van der Waals surface area contributed by atoms with Gasteiger partial charge in [-0.2, -0.15) is 0 Å². The zero-order valence-corrected chi connectivity index (χ0v) is 10.6. The maximum atomic E-state index is 11.3. The fourth-order valence-corrected chi connectivity index (χ4v) is 1.38. The van der Waals surface area contributed by atoms with E-state index < -0.39 is 0 Å².